The average Bonchev–Trinajstić information content (AvgIpc) is 3.42. The van der Waals surface area contributed by atoms with Gasteiger partial charge in [0.05, 0.1) is 39.0 Å². The van der Waals surface area contributed by atoms with E-state index in [1.54, 1.807) is 46.2 Å². The predicted molar refractivity (Wildman–Crippen MR) is 133 cm³/mol. The fraction of sp³-hybridized carbons (Fsp3) is 0.357. The minimum Gasteiger partial charge on any atom is -0.467 e. The molecule has 1 saturated heterocycles. The molecular formula is C28H31F2N3O4. The molecule has 0 radical (unpaired) electrons. The number of ether oxygens (including phenoxy) is 1. The lowest BCUT2D eigenvalue weighted by atomic mass is 10.1. The molecule has 2 aromatic carbocycles. The first-order chi connectivity index (χ1) is 18.0. The third-order valence-electron chi connectivity index (χ3n) is 6.30. The van der Waals surface area contributed by atoms with Gasteiger partial charge in [-0.15, -0.1) is 0 Å². The first-order valence-electron chi connectivity index (χ1n) is 12.3. The van der Waals surface area contributed by atoms with Crippen LogP contribution < -0.4 is 0 Å². The summed E-state index contributed by atoms with van der Waals surface area (Å²) in [5.41, 5.74) is 1.44. The first kappa shape index (κ1) is 26.5. The number of hydrogen-bond acceptors (Lipinski definition) is 5. The number of carbonyl (C=O) groups is 2. The SMILES string of the molecule is O=C(Cc1ccc(F)cc1)N(CCN1CCOCC1)CC(=O)N(Cc1ccc(F)cc1)Cc1ccco1. The van der Waals surface area contributed by atoms with Gasteiger partial charge < -0.3 is 19.0 Å². The molecule has 3 aromatic rings. The molecular weight excluding hydrogens is 480 g/mol. The lowest BCUT2D eigenvalue weighted by Crippen LogP contribution is -2.47. The van der Waals surface area contributed by atoms with E-state index in [0.717, 1.165) is 18.7 Å². The molecule has 0 saturated carbocycles. The Bertz CT molecular complexity index is 1130. The molecule has 37 heavy (non-hydrogen) atoms. The standard InChI is InChI=1S/C28H31F2N3O4/c29-24-7-3-22(4-8-24)18-27(34)32(12-11-31-13-16-36-17-14-31)21-28(35)33(20-26-2-1-15-37-26)19-23-5-9-25(30)10-6-23/h1-10,15H,11-14,16-21H2. The van der Waals surface area contributed by atoms with Gasteiger partial charge >= 0.3 is 0 Å². The van der Waals surface area contributed by atoms with Gasteiger partial charge in [0.1, 0.15) is 17.4 Å². The Labute approximate surface area is 215 Å². The number of halogens is 2. The van der Waals surface area contributed by atoms with Crippen molar-refractivity contribution in [3.05, 3.63) is 95.4 Å². The fourth-order valence-electron chi connectivity index (χ4n) is 4.16. The highest BCUT2D eigenvalue weighted by atomic mass is 19.1. The molecule has 2 heterocycles. The van der Waals surface area contributed by atoms with Gasteiger partial charge in [-0.2, -0.15) is 0 Å². The van der Waals surface area contributed by atoms with Gasteiger partial charge in [-0.25, -0.2) is 8.78 Å². The van der Waals surface area contributed by atoms with Crippen molar-refractivity contribution in [1.82, 2.24) is 14.7 Å². The van der Waals surface area contributed by atoms with Gasteiger partial charge in [-0.1, -0.05) is 24.3 Å². The minimum absolute atomic E-state index is 0.0623. The Morgan fingerprint density at radius 3 is 2.08 bits per heavy atom. The fourth-order valence-corrected chi connectivity index (χ4v) is 4.16. The summed E-state index contributed by atoms with van der Waals surface area (Å²) in [4.78, 5) is 32.2. The first-order valence-corrected chi connectivity index (χ1v) is 12.3. The molecule has 4 rings (SSSR count). The number of carbonyl (C=O) groups excluding carboxylic acids is 2. The van der Waals surface area contributed by atoms with Crippen molar-refractivity contribution in [1.29, 1.82) is 0 Å². The second-order valence-corrected chi connectivity index (χ2v) is 9.03. The van der Waals surface area contributed by atoms with Gasteiger partial charge in [0, 0.05) is 32.7 Å². The van der Waals surface area contributed by atoms with Crippen LogP contribution >= 0.6 is 0 Å². The Kier molecular flexibility index (Phi) is 9.40. The second-order valence-electron chi connectivity index (χ2n) is 9.03. The van der Waals surface area contributed by atoms with Crippen LogP contribution in [0.25, 0.3) is 0 Å². The van der Waals surface area contributed by atoms with E-state index in [0.29, 0.717) is 37.6 Å². The molecule has 0 bridgehead atoms. The van der Waals surface area contributed by atoms with E-state index < -0.39 is 0 Å². The lowest BCUT2D eigenvalue weighted by molar-refractivity contribution is -0.141. The Hall–Kier alpha value is -3.56. The highest BCUT2D eigenvalue weighted by Crippen LogP contribution is 2.14. The van der Waals surface area contributed by atoms with Gasteiger partial charge in [0.25, 0.3) is 0 Å². The molecule has 1 aliphatic rings. The van der Waals surface area contributed by atoms with Crippen molar-refractivity contribution in [2.75, 3.05) is 45.9 Å². The van der Waals surface area contributed by atoms with Crippen LogP contribution in [0.15, 0.2) is 71.3 Å². The summed E-state index contributed by atoms with van der Waals surface area (Å²) in [5, 5.41) is 0. The molecule has 1 aliphatic heterocycles. The minimum atomic E-state index is -0.370. The molecule has 0 N–H and O–H groups in total. The Balaban J connectivity index is 1.48. The molecule has 0 unspecified atom stereocenters. The smallest absolute Gasteiger partial charge is 0.242 e. The topological polar surface area (TPSA) is 66.2 Å². The average molecular weight is 512 g/mol. The van der Waals surface area contributed by atoms with Crippen molar-refractivity contribution in [2.24, 2.45) is 0 Å². The van der Waals surface area contributed by atoms with E-state index >= 15 is 0 Å². The van der Waals surface area contributed by atoms with E-state index in [2.05, 4.69) is 4.90 Å². The third kappa shape index (κ3) is 8.23. The second kappa shape index (κ2) is 13.1. The van der Waals surface area contributed by atoms with Gasteiger partial charge in [-0.05, 0) is 47.5 Å². The molecule has 196 valence electrons. The van der Waals surface area contributed by atoms with Gasteiger partial charge in [-0.3, -0.25) is 14.5 Å². The summed E-state index contributed by atoms with van der Waals surface area (Å²) >= 11 is 0. The van der Waals surface area contributed by atoms with Crippen LogP contribution in [0.5, 0.6) is 0 Å². The van der Waals surface area contributed by atoms with Crippen molar-refractivity contribution in [3.8, 4) is 0 Å². The predicted octanol–water partition coefficient (Wildman–Crippen LogP) is 3.49. The summed E-state index contributed by atoms with van der Waals surface area (Å²) < 4.78 is 37.6. The largest absolute Gasteiger partial charge is 0.467 e. The van der Waals surface area contributed by atoms with Crippen LogP contribution in [0.3, 0.4) is 0 Å². The summed E-state index contributed by atoms with van der Waals surface area (Å²) in [6, 6.07) is 15.3. The van der Waals surface area contributed by atoms with Gasteiger partial charge in [0.15, 0.2) is 0 Å². The molecule has 1 aromatic heterocycles. The lowest BCUT2D eigenvalue weighted by Gasteiger charge is -2.31. The number of benzene rings is 2. The summed E-state index contributed by atoms with van der Waals surface area (Å²) in [7, 11) is 0. The number of hydrogen-bond donors (Lipinski definition) is 0. The quantitative estimate of drug-likeness (QED) is 0.394. The van der Waals surface area contributed by atoms with Crippen LogP contribution in [-0.2, 0) is 33.8 Å². The zero-order valence-electron chi connectivity index (χ0n) is 20.7. The molecule has 1 fully saturated rings. The van der Waals surface area contributed by atoms with E-state index in [1.807, 2.05) is 0 Å². The third-order valence-corrected chi connectivity index (χ3v) is 6.30. The van der Waals surface area contributed by atoms with E-state index in [1.165, 1.54) is 30.5 Å². The number of rotatable bonds is 11. The molecule has 0 atom stereocenters. The summed E-state index contributed by atoms with van der Waals surface area (Å²) in [6.07, 6.45) is 1.60. The maximum absolute atomic E-state index is 13.5. The highest BCUT2D eigenvalue weighted by molar-refractivity contribution is 5.86. The maximum Gasteiger partial charge on any atom is 0.242 e. The monoisotopic (exact) mass is 511 g/mol. The van der Waals surface area contributed by atoms with Crippen molar-refractivity contribution in [3.63, 3.8) is 0 Å². The number of nitrogens with zero attached hydrogens (tertiary/aromatic N) is 3. The van der Waals surface area contributed by atoms with E-state index in [4.69, 9.17) is 9.15 Å². The van der Waals surface area contributed by atoms with Crippen LogP contribution in [0.1, 0.15) is 16.9 Å². The molecule has 2 amide bonds. The van der Waals surface area contributed by atoms with Crippen molar-refractivity contribution < 1.29 is 27.5 Å². The molecule has 7 nitrogen and oxygen atoms in total. The van der Waals surface area contributed by atoms with E-state index in [9.17, 15) is 18.4 Å². The molecule has 9 heteroatoms. The normalized spacial score (nSPS) is 13.9. The Morgan fingerprint density at radius 2 is 1.46 bits per heavy atom. The Morgan fingerprint density at radius 1 is 0.811 bits per heavy atom. The highest BCUT2D eigenvalue weighted by Gasteiger charge is 2.24. The maximum atomic E-state index is 13.5. The van der Waals surface area contributed by atoms with Crippen LogP contribution in [-0.4, -0.2) is 72.5 Å². The molecule has 0 aliphatic carbocycles. The van der Waals surface area contributed by atoms with Crippen LogP contribution in [0.2, 0.25) is 0 Å². The number of amides is 2. The van der Waals surface area contributed by atoms with Gasteiger partial charge in [0.2, 0.25) is 11.8 Å². The zero-order valence-corrected chi connectivity index (χ0v) is 20.7. The molecule has 0 spiro atoms. The summed E-state index contributed by atoms with van der Waals surface area (Å²) in [6.45, 7) is 4.13. The number of furan rings is 1. The van der Waals surface area contributed by atoms with Crippen LogP contribution in [0.4, 0.5) is 8.78 Å². The summed E-state index contributed by atoms with van der Waals surface area (Å²) in [5.74, 6) is -0.589. The van der Waals surface area contributed by atoms with Crippen LogP contribution in [0, 0.1) is 11.6 Å². The van der Waals surface area contributed by atoms with E-state index in [-0.39, 0.29) is 49.5 Å². The zero-order chi connectivity index (χ0) is 26.0. The van der Waals surface area contributed by atoms with Crippen molar-refractivity contribution >= 4 is 11.8 Å². The number of morpholine rings is 1. The van der Waals surface area contributed by atoms with Crippen molar-refractivity contribution in [2.45, 2.75) is 19.5 Å².